The number of fused-ring (bicyclic) bond motifs is 1. The molecule has 6 heteroatoms. The molecule has 2 rings (SSSR count). The third-order valence-electron chi connectivity index (χ3n) is 3.53. The van der Waals surface area contributed by atoms with Gasteiger partial charge < -0.3 is 5.32 Å². The minimum Gasteiger partial charge on any atom is -0.353 e. The van der Waals surface area contributed by atoms with E-state index in [1.54, 1.807) is 18.2 Å². The van der Waals surface area contributed by atoms with Gasteiger partial charge in [0.1, 0.15) is 5.52 Å². The second-order valence-corrected chi connectivity index (χ2v) is 4.97. The maximum atomic E-state index is 12.2. The predicted molar refractivity (Wildman–Crippen MR) is 80.9 cm³/mol. The molecule has 2 aromatic rings. The number of hydrogen-bond acceptors (Lipinski definition) is 4. The van der Waals surface area contributed by atoms with Gasteiger partial charge >= 0.3 is 0 Å². The van der Waals surface area contributed by atoms with Crippen molar-refractivity contribution in [3.8, 4) is 0 Å². The van der Waals surface area contributed by atoms with Gasteiger partial charge in [0.25, 0.3) is 5.56 Å². The SMILES string of the molecule is CCC(CC)NC(=O)CCn1nnc2ccccc2c1=O. The van der Waals surface area contributed by atoms with Gasteiger partial charge in [-0.2, -0.15) is 0 Å². The smallest absolute Gasteiger partial charge is 0.277 e. The summed E-state index contributed by atoms with van der Waals surface area (Å²) >= 11 is 0. The van der Waals surface area contributed by atoms with Crippen LogP contribution in [-0.4, -0.2) is 26.9 Å². The molecule has 1 heterocycles. The van der Waals surface area contributed by atoms with Crippen molar-refractivity contribution >= 4 is 16.8 Å². The van der Waals surface area contributed by atoms with Crippen molar-refractivity contribution < 1.29 is 4.79 Å². The number of nitrogens with one attached hydrogen (secondary N) is 1. The first-order valence-corrected chi connectivity index (χ1v) is 7.27. The van der Waals surface area contributed by atoms with Gasteiger partial charge in [0, 0.05) is 12.5 Å². The minimum atomic E-state index is -0.212. The van der Waals surface area contributed by atoms with Gasteiger partial charge in [-0.15, -0.1) is 5.10 Å². The zero-order valence-corrected chi connectivity index (χ0v) is 12.4. The summed E-state index contributed by atoms with van der Waals surface area (Å²) in [6.45, 7) is 4.31. The van der Waals surface area contributed by atoms with E-state index in [1.165, 1.54) is 4.68 Å². The summed E-state index contributed by atoms with van der Waals surface area (Å²) in [6.07, 6.45) is 2.03. The average molecular weight is 288 g/mol. The van der Waals surface area contributed by atoms with Crippen LogP contribution in [0.1, 0.15) is 33.1 Å². The molecule has 1 amide bonds. The number of carbonyl (C=O) groups is 1. The maximum Gasteiger partial charge on any atom is 0.277 e. The summed E-state index contributed by atoms with van der Waals surface area (Å²) < 4.78 is 1.24. The molecule has 0 aliphatic heterocycles. The van der Waals surface area contributed by atoms with E-state index in [4.69, 9.17) is 0 Å². The van der Waals surface area contributed by atoms with Crippen LogP contribution < -0.4 is 10.9 Å². The van der Waals surface area contributed by atoms with Crippen molar-refractivity contribution in [1.82, 2.24) is 20.3 Å². The summed E-state index contributed by atoms with van der Waals surface area (Å²) in [5.74, 6) is -0.0643. The van der Waals surface area contributed by atoms with Crippen molar-refractivity contribution in [2.75, 3.05) is 0 Å². The molecule has 1 aromatic carbocycles. The molecule has 6 nitrogen and oxygen atoms in total. The normalized spacial score (nSPS) is 11.0. The maximum absolute atomic E-state index is 12.2. The first-order valence-electron chi connectivity index (χ1n) is 7.27. The number of aryl methyl sites for hydroxylation is 1. The molecule has 0 aliphatic carbocycles. The number of amides is 1. The van der Waals surface area contributed by atoms with E-state index in [0.29, 0.717) is 10.9 Å². The largest absolute Gasteiger partial charge is 0.353 e. The Hall–Kier alpha value is -2.24. The Morgan fingerprint density at radius 3 is 2.71 bits per heavy atom. The van der Waals surface area contributed by atoms with Crippen LogP contribution in [0.5, 0.6) is 0 Å². The highest BCUT2D eigenvalue weighted by Gasteiger charge is 2.10. The lowest BCUT2D eigenvalue weighted by molar-refractivity contribution is -0.122. The van der Waals surface area contributed by atoms with Gasteiger partial charge in [-0.05, 0) is 25.0 Å². The van der Waals surface area contributed by atoms with E-state index in [1.807, 2.05) is 19.9 Å². The number of hydrogen-bond donors (Lipinski definition) is 1. The number of nitrogens with zero attached hydrogens (tertiary/aromatic N) is 3. The van der Waals surface area contributed by atoms with E-state index < -0.39 is 0 Å². The predicted octanol–water partition coefficient (Wildman–Crippen LogP) is 1.49. The monoisotopic (exact) mass is 288 g/mol. The molecule has 21 heavy (non-hydrogen) atoms. The fourth-order valence-corrected chi connectivity index (χ4v) is 2.17. The Labute approximate surface area is 123 Å². The Morgan fingerprint density at radius 2 is 2.00 bits per heavy atom. The lowest BCUT2D eigenvalue weighted by atomic mass is 10.1. The van der Waals surface area contributed by atoms with Crippen LogP contribution in [0.25, 0.3) is 10.9 Å². The zero-order valence-electron chi connectivity index (χ0n) is 12.4. The van der Waals surface area contributed by atoms with Crippen LogP contribution in [0.15, 0.2) is 29.1 Å². The Balaban J connectivity index is 2.05. The Kier molecular flexibility index (Phi) is 5.03. The van der Waals surface area contributed by atoms with E-state index in [0.717, 1.165) is 12.8 Å². The highest BCUT2D eigenvalue weighted by atomic mass is 16.2. The number of benzene rings is 1. The van der Waals surface area contributed by atoms with Crippen LogP contribution in [0.4, 0.5) is 0 Å². The molecule has 0 unspecified atom stereocenters. The van der Waals surface area contributed by atoms with Crippen LogP contribution in [-0.2, 0) is 11.3 Å². The van der Waals surface area contributed by atoms with Gasteiger partial charge in [0.15, 0.2) is 0 Å². The average Bonchev–Trinajstić information content (AvgIpc) is 2.52. The molecule has 0 aliphatic rings. The quantitative estimate of drug-likeness (QED) is 0.873. The van der Waals surface area contributed by atoms with Crippen LogP contribution in [0.3, 0.4) is 0 Å². The van der Waals surface area contributed by atoms with E-state index in [9.17, 15) is 9.59 Å². The van der Waals surface area contributed by atoms with Gasteiger partial charge in [-0.1, -0.05) is 31.2 Å². The lowest BCUT2D eigenvalue weighted by Crippen LogP contribution is -2.35. The van der Waals surface area contributed by atoms with Crippen LogP contribution in [0.2, 0.25) is 0 Å². The summed E-state index contributed by atoms with van der Waals surface area (Å²) in [5.41, 5.74) is 0.358. The second kappa shape index (κ2) is 6.97. The molecule has 0 radical (unpaired) electrons. The highest BCUT2D eigenvalue weighted by molar-refractivity contribution is 5.77. The summed E-state index contributed by atoms with van der Waals surface area (Å²) in [4.78, 5) is 24.0. The number of rotatable bonds is 6. The van der Waals surface area contributed by atoms with E-state index in [-0.39, 0.29) is 30.5 Å². The van der Waals surface area contributed by atoms with Crippen molar-refractivity contribution in [3.63, 3.8) is 0 Å². The van der Waals surface area contributed by atoms with Crippen molar-refractivity contribution in [1.29, 1.82) is 0 Å². The fraction of sp³-hybridized carbons (Fsp3) is 0.467. The number of aromatic nitrogens is 3. The first-order chi connectivity index (χ1) is 10.2. The topological polar surface area (TPSA) is 76.9 Å². The summed E-state index contributed by atoms with van der Waals surface area (Å²) in [7, 11) is 0. The third kappa shape index (κ3) is 3.65. The molecule has 0 bridgehead atoms. The molecule has 112 valence electrons. The summed E-state index contributed by atoms with van der Waals surface area (Å²) in [5, 5.41) is 11.3. The minimum absolute atomic E-state index is 0.0643. The molecule has 0 fully saturated rings. The molecule has 0 saturated heterocycles. The second-order valence-electron chi connectivity index (χ2n) is 4.97. The number of carbonyl (C=O) groups excluding carboxylic acids is 1. The fourth-order valence-electron chi connectivity index (χ4n) is 2.17. The van der Waals surface area contributed by atoms with Gasteiger partial charge in [-0.25, -0.2) is 4.68 Å². The highest BCUT2D eigenvalue weighted by Crippen LogP contribution is 2.03. The van der Waals surface area contributed by atoms with Crippen LogP contribution >= 0.6 is 0 Å². The lowest BCUT2D eigenvalue weighted by Gasteiger charge is -2.14. The molecule has 1 N–H and O–H groups in total. The van der Waals surface area contributed by atoms with E-state index in [2.05, 4.69) is 15.6 Å². The third-order valence-corrected chi connectivity index (χ3v) is 3.53. The Morgan fingerprint density at radius 1 is 1.29 bits per heavy atom. The molecular weight excluding hydrogens is 268 g/mol. The van der Waals surface area contributed by atoms with Crippen molar-refractivity contribution in [2.45, 2.75) is 45.7 Å². The van der Waals surface area contributed by atoms with Crippen molar-refractivity contribution in [2.24, 2.45) is 0 Å². The van der Waals surface area contributed by atoms with Crippen LogP contribution in [0, 0.1) is 0 Å². The molecule has 1 aromatic heterocycles. The van der Waals surface area contributed by atoms with Gasteiger partial charge in [0.05, 0.1) is 11.9 Å². The molecule has 0 atom stereocenters. The molecule has 0 spiro atoms. The van der Waals surface area contributed by atoms with Gasteiger partial charge in [0.2, 0.25) is 5.91 Å². The van der Waals surface area contributed by atoms with E-state index >= 15 is 0 Å². The van der Waals surface area contributed by atoms with Gasteiger partial charge in [-0.3, -0.25) is 9.59 Å². The Bertz CT molecular complexity index is 677. The molecule has 0 saturated carbocycles. The zero-order chi connectivity index (χ0) is 15.2. The molecular formula is C15H20N4O2. The first kappa shape index (κ1) is 15.2. The standard InChI is InChI=1S/C15H20N4O2/c1-3-11(4-2)16-14(20)9-10-19-15(21)12-7-5-6-8-13(12)17-18-19/h5-8,11H,3-4,9-10H2,1-2H3,(H,16,20). The van der Waals surface area contributed by atoms with Crippen molar-refractivity contribution in [3.05, 3.63) is 34.6 Å². The summed E-state index contributed by atoms with van der Waals surface area (Å²) in [6, 6.07) is 7.25.